The Morgan fingerprint density at radius 2 is 2.44 bits per heavy atom. The van der Waals surface area contributed by atoms with Crippen molar-refractivity contribution in [2.75, 3.05) is 19.0 Å². The van der Waals surface area contributed by atoms with Crippen molar-refractivity contribution in [1.29, 1.82) is 0 Å². The molecule has 1 heterocycles. The van der Waals surface area contributed by atoms with Gasteiger partial charge in [0.15, 0.2) is 0 Å². The average Bonchev–Trinajstić information content (AvgIpc) is 2.79. The van der Waals surface area contributed by atoms with E-state index >= 15 is 0 Å². The van der Waals surface area contributed by atoms with Gasteiger partial charge in [0.25, 0.3) is 0 Å². The van der Waals surface area contributed by atoms with Crippen LogP contribution in [0, 0.1) is 5.92 Å². The molecule has 1 aliphatic rings. The summed E-state index contributed by atoms with van der Waals surface area (Å²) in [6.45, 7) is 1.47. The molecule has 2 atom stereocenters. The van der Waals surface area contributed by atoms with Gasteiger partial charge in [-0.3, -0.25) is 0 Å². The first-order valence-electron chi connectivity index (χ1n) is 5.40. The van der Waals surface area contributed by atoms with Crippen LogP contribution in [-0.4, -0.2) is 30.2 Å². The summed E-state index contributed by atoms with van der Waals surface area (Å²) in [5, 5.41) is 10.7. The highest BCUT2D eigenvalue weighted by Gasteiger charge is 2.23. The summed E-state index contributed by atoms with van der Waals surface area (Å²) in [7, 11) is 0. The van der Waals surface area contributed by atoms with Crippen LogP contribution in [0.5, 0.6) is 0 Å². The van der Waals surface area contributed by atoms with Crippen LogP contribution in [0.3, 0.4) is 0 Å². The maximum absolute atomic E-state index is 9.95. The third-order valence-corrected chi connectivity index (χ3v) is 4.06. The highest BCUT2D eigenvalue weighted by Crippen LogP contribution is 2.25. The molecule has 1 N–H and O–H groups in total. The van der Waals surface area contributed by atoms with Gasteiger partial charge in [-0.2, -0.15) is 0 Å². The largest absolute Gasteiger partial charge is 0.392 e. The molecule has 0 aromatic heterocycles. The molecule has 2 rings (SSSR count). The molecule has 1 aromatic rings. The SMILES string of the molecule is OC(CSc1cccc(Cl)c1)C1CCOC1. The lowest BCUT2D eigenvalue weighted by molar-refractivity contribution is 0.109. The second-order valence-corrected chi connectivity index (χ2v) is 5.49. The zero-order chi connectivity index (χ0) is 11.4. The second kappa shape index (κ2) is 5.92. The molecule has 16 heavy (non-hydrogen) atoms. The van der Waals surface area contributed by atoms with Crippen molar-refractivity contribution in [3.63, 3.8) is 0 Å². The third-order valence-electron chi connectivity index (χ3n) is 2.73. The first-order valence-corrected chi connectivity index (χ1v) is 6.76. The minimum atomic E-state index is -0.286. The molecule has 0 radical (unpaired) electrons. The molecule has 1 aromatic carbocycles. The van der Waals surface area contributed by atoms with E-state index in [1.54, 1.807) is 11.8 Å². The summed E-state index contributed by atoms with van der Waals surface area (Å²) in [5.74, 6) is 1.00. The first kappa shape index (κ1) is 12.2. The van der Waals surface area contributed by atoms with E-state index in [0.29, 0.717) is 18.3 Å². The predicted octanol–water partition coefficient (Wildman–Crippen LogP) is 2.83. The molecule has 0 amide bonds. The highest BCUT2D eigenvalue weighted by molar-refractivity contribution is 7.99. The van der Waals surface area contributed by atoms with E-state index in [0.717, 1.165) is 22.9 Å². The van der Waals surface area contributed by atoms with Crippen molar-refractivity contribution < 1.29 is 9.84 Å². The molecular weight excluding hydrogens is 244 g/mol. The molecule has 4 heteroatoms. The van der Waals surface area contributed by atoms with Crippen molar-refractivity contribution in [3.8, 4) is 0 Å². The van der Waals surface area contributed by atoms with Crippen LogP contribution >= 0.6 is 23.4 Å². The molecule has 0 bridgehead atoms. The van der Waals surface area contributed by atoms with Crippen LogP contribution < -0.4 is 0 Å². The molecule has 88 valence electrons. The summed E-state index contributed by atoms with van der Waals surface area (Å²) in [6, 6.07) is 7.71. The van der Waals surface area contributed by atoms with Gasteiger partial charge in [-0.25, -0.2) is 0 Å². The second-order valence-electron chi connectivity index (χ2n) is 3.96. The fourth-order valence-corrected chi connectivity index (χ4v) is 3.01. The average molecular weight is 259 g/mol. The zero-order valence-electron chi connectivity index (χ0n) is 8.93. The van der Waals surface area contributed by atoms with E-state index in [1.165, 1.54) is 0 Å². The smallest absolute Gasteiger partial charge is 0.0685 e. The van der Waals surface area contributed by atoms with Crippen molar-refractivity contribution in [2.45, 2.75) is 17.4 Å². The minimum absolute atomic E-state index is 0.286. The van der Waals surface area contributed by atoms with Crippen LogP contribution in [-0.2, 0) is 4.74 Å². The standard InChI is InChI=1S/C12H15ClO2S/c13-10-2-1-3-11(6-10)16-8-12(14)9-4-5-15-7-9/h1-3,6,9,12,14H,4-5,7-8H2. The molecule has 1 fully saturated rings. The lowest BCUT2D eigenvalue weighted by atomic mass is 10.0. The molecule has 1 saturated heterocycles. The van der Waals surface area contributed by atoms with E-state index in [4.69, 9.17) is 16.3 Å². The summed E-state index contributed by atoms with van der Waals surface area (Å²) in [6.07, 6.45) is 0.684. The normalized spacial score (nSPS) is 22.2. The molecular formula is C12H15ClO2S. The van der Waals surface area contributed by atoms with E-state index in [-0.39, 0.29) is 6.10 Å². The van der Waals surface area contributed by atoms with Gasteiger partial charge in [-0.1, -0.05) is 17.7 Å². The Balaban J connectivity index is 1.82. The summed E-state index contributed by atoms with van der Waals surface area (Å²) < 4.78 is 5.26. The van der Waals surface area contributed by atoms with Gasteiger partial charge in [-0.05, 0) is 24.6 Å². The van der Waals surface area contributed by atoms with Crippen LogP contribution in [0.25, 0.3) is 0 Å². The topological polar surface area (TPSA) is 29.5 Å². The molecule has 2 unspecified atom stereocenters. The quantitative estimate of drug-likeness (QED) is 0.843. The number of halogens is 1. The fraction of sp³-hybridized carbons (Fsp3) is 0.500. The molecule has 1 aliphatic heterocycles. The Bertz CT molecular complexity index is 340. The van der Waals surface area contributed by atoms with Crippen molar-refractivity contribution in [1.82, 2.24) is 0 Å². The van der Waals surface area contributed by atoms with Gasteiger partial charge in [0.2, 0.25) is 0 Å². The summed E-state index contributed by atoms with van der Waals surface area (Å²) in [5.41, 5.74) is 0. The van der Waals surface area contributed by atoms with E-state index in [1.807, 2.05) is 24.3 Å². The number of aliphatic hydroxyl groups is 1. The van der Waals surface area contributed by atoms with E-state index < -0.39 is 0 Å². The molecule has 0 aliphatic carbocycles. The minimum Gasteiger partial charge on any atom is -0.392 e. The Hall–Kier alpha value is -0.220. The number of hydrogen-bond acceptors (Lipinski definition) is 3. The Labute approximate surface area is 105 Å². The van der Waals surface area contributed by atoms with Gasteiger partial charge in [0.05, 0.1) is 12.7 Å². The lowest BCUT2D eigenvalue weighted by Crippen LogP contribution is -2.22. The number of rotatable bonds is 4. The summed E-state index contributed by atoms with van der Waals surface area (Å²) >= 11 is 7.53. The highest BCUT2D eigenvalue weighted by atomic mass is 35.5. The number of benzene rings is 1. The Morgan fingerprint density at radius 1 is 1.56 bits per heavy atom. The third kappa shape index (κ3) is 3.39. The van der Waals surface area contributed by atoms with Gasteiger partial charge in [0, 0.05) is 28.2 Å². The molecule has 0 spiro atoms. The van der Waals surface area contributed by atoms with Crippen molar-refractivity contribution in [2.24, 2.45) is 5.92 Å². The van der Waals surface area contributed by atoms with Crippen LogP contribution in [0.1, 0.15) is 6.42 Å². The first-order chi connectivity index (χ1) is 7.75. The van der Waals surface area contributed by atoms with E-state index in [2.05, 4.69) is 0 Å². The van der Waals surface area contributed by atoms with Gasteiger partial charge in [0.1, 0.15) is 0 Å². The zero-order valence-corrected chi connectivity index (χ0v) is 10.5. The maximum atomic E-state index is 9.95. The number of hydrogen-bond donors (Lipinski definition) is 1. The Kier molecular flexibility index (Phi) is 4.53. The van der Waals surface area contributed by atoms with Gasteiger partial charge >= 0.3 is 0 Å². The fourth-order valence-electron chi connectivity index (χ4n) is 1.73. The predicted molar refractivity (Wildman–Crippen MR) is 67.1 cm³/mol. The molecule has 0 saturated carbocycles. The Morgan fingerprint density at radius 3 is 3.12 bits per heavy atom. The van der Waals surface area contributed by atoms with Gasteiger partial charge < -0.3 is 9.84 Å². The lowest BCUT2D eigenvalue weighted by Gasteiger charge is -2.15. The van der Waals surface area contributed by atoms with Crippen LogP contribution in [0.15, 0.2) is 29.2 Å². The van der Waals surface area contributed by atoms with Crippen molar-refractivity contribution >= 4 is 23.4 Å². The maximum Gasteiger partial charge on any atom is 0.0685 e. The molecule has 2 nitrogen and oxygen atoms in total. The van der Waals surface area contributed by atoms with Crippen LogP contribution in [0.2, 0.25) is 5.02 Å². The number of thioether (sulfide) groups is 1. The van der Waals surface area contributed by atoms with Gasteiger partial charge in [-0.15, -0.1) is 11.8 Å². The summed E-state index contributed by atoms with van der Waals surface area (Å²) in [4.78, 5) is 1.10. The number of aliphatic hydroxyl groups excluding tert-OH is 1. The van der Waals surface area contributed by atoms with Crippen LogP contribution in [0.4, 0.5) is 0 Å². The number of ether oxygens (including phenoxy) is 1. The monoisotopic (exact) mass is 258 g/mol. The van der Waals surface area contributed by atoms with E-state index in [9.17, 15) is 5.11 Å². The van der Waals surface area contributed by atoms with Crippen molar-refractivity contribution in [3.05, 3.63) is 29.3 Å².